The van der Waals surface area contributed by atoms with E-state index in [9.17, 15) is 5.11 Å². The van der Waals surface area contributed by atoms with Gasteiger partial charge in [-0.3, -0.25) is 0 Å². The van der Waals surface area contributed by atoms with E-state index in [2.05, 4.69) is 26.0 Å². The van der Waals surface area contributed by atoms with Crippen molar-refractivity contribution in [2.75, 3.05) is 0 Å². The Bertz CT molecular complexity index is 561. The first-order chi connectivity index (χ1) is 8.20. The third-order valence-corrected chi connectivity index (χ3v) is 2.98. The summed E-state index contributed by atoms with van der Waals surface area (Å²) in [6.07, 6.45) is 0.734. The molecule has 1 atom stereocenters. The van der Waals surface area contributed by atoms with Gasteiger partial charge in [0.2, 0.25) is 0 Å². The standard InChI is InChI=1S/C11H9BrN4O/c12-9-4-2-1-3-8(9)10(17)6-16-7-14-11(5-13)15-16/h1-4,7,10,17H,6H2/t10-/m1/s1. The summed E-state index contributed by atoms with van der Waals surface area (Å²) < 4.78 is 2.29. The Morgan fingerprint density at radius 2 is 2.24 bits per heavy atom. The van der Waals surface area contributed by atoms with Gasteiger partial charge in [-0.25, -0.2) is 9.67 Å². The van der Waals surface area contributed by atoms with Gasteiger partial charge in [-0.05, 0) is 11.6 Å². The molecule has 1 heterocycles. The number of rotatable bonds is 3. The summed E-state index contributed by atoms with van der Waals surface area (Å²) in [7, 11) is 0. The zero-order chi connectivity index (χ0) is 12.3. The van der Waals surface area contributed by atoms with Crippen LogP contribution in [0.2, 0.25) is 0 Å². The topological polar surface area (TPSA) is 74.7 Å². The van der Waals surface area contributed by atoms with Crippen LogP contribution in [0, 0.1) is 11.3 Å². The van der Waals surface area contributed by atoms with Crippen molar-refractivity contribution in [2.45, 2.75) is 12.6 Å². The number of aliphatic hydroxyl groups excluding tert-OH is 1. The van der Waals surface area contributed by atoms with E-state index < -0.39 is 6.10 Å². The lowest BCUT2D eigenvalue weighted by Gasteiger charge is -2.12. The highest BCUT2D eigenvalue weighted by atomic mass is 79.9. The molecule has 0 bridgehead atoms. The predicted molar refractivity (Wildman–Crippen MR) is 63.8 cm³/mol. The van der Waals surface area contributed by atoms with Crippen molar-refractivity contribution in [1.82, 2.24) is 14.8 Å². The molecule has 86 valence electrons. The minimum Gasteiger partial charge on any atom is -0.386 e. The van der Waals surface area contributed by atoms with Gasteiger partial charge in [0.1, 0.15) is 12.4 Å². The van der Waals surface area contributed by atoms with E-state index >= 15 is 0 Å². The number of hydrogen-bond donors (Lipinski definition) is 1. The second-order valence-corrected chi connectivity index (χ2v) is 4.29. The van der Waals surface area contributed by atoms with Crippen molar-refractivity contribution in [1.29, 1.82) is 5.26 Å². The first-order valence-corrected chi connectivity index (χ1v) is 5.72. The van der Waals surface area contributed by atoms with Gasteiger partial charge >= 0.3 is 0 Å². The number of halogens is 1. The molecule has 0 aliphatic heterocycles. The summed E-state index contributed by atoms with van der Waals surface area (Å²) in [6.45, 7) is 0.261. The molecule has 0 radical (unpaired) electrons. The minimum absolute atomic E-state index is 0.101. The molecule has 0 saturated carbocycles. The SMILES string of the molecule is N#Cc1ncn(C[C@@H](O)c2ccccc2Br)n1. The first kappa shape index (κ1) is 11.8. The molecule has 0 amide bonds. The summed E-state index contributed by atoms with van der Waals surface area (Å²) >= 11 is 3.37. The van der Waals surface area contributed by atoms with Crippen molar-refractivity contribution in [2.24, 2.45) is 0 Å². The van der Waals surface area contributed by atoms with Crippen LogP contribution in [-0.4, -0.2) is 19.9 Å². The van der Waals surface area contributed by atoms with Crippen LogP contribution in [0.3, 0.4) is 0 Å². The summed E-state index contributed by atoms with van der Waals surface area (Å²) in [4.78, 5) is 3.77. The predicted octanol–water partition coefficient (Wildman–Crippen LogP) is 1.65. The molecule has 0 saturated heterocycles. The van der Waals surface area contributed by atoms with Crippen LogP contribution in [-0.2, 0) is 6.54 Å². The van der Waals surface area contributed by atoms with Crippen LogP contribution in [0.25, 0.3) is 0 Å². The number of aliphatic hydroxyl groups is 1. The van der Waals surface area contributed by atoms with Crippen LogP contribution < -0.4 is 0 Å². The van der Waals surface area contributed by atoms with Gasteiger partial charge < -0.3 is 5.11 Å². The minimum atomic E-state index is -0.696. The van der Waals surface area contributed by atoms with Gasteiger partial charge in [-0.15, -0.1) is 5.10 Å². The molecule has 1 aromatic heterocycles. The molecule has 0 aliphatic carbocycles. The summed E-state index contributed by atoms with van der Waals surface area (Å²) in [5.74, 6) is 0.101. The van der Waals surface area contributed by atoms with Crippen LogP contribution in [0.5, 0.6) is 0 Å². The monoisotopic (exact) mass is 292 g/mol. The third-order valence-electron chi connectivity index (χ3n) is 2.26. The fourth-order valence-electron chi connectivity index (χ4n) is 1.45. The molecular weight excluding hydrogens is 284 g/mol. The molecule has 2 rings (SSSR count). The molecule has 0 aliphatic rings. The summed E-state index contributed by atoms with van der Waals surface area (Å²) in [5, 5.41) is 22.5. The third kappa shape index (κ3) is 2.70. The van der Waals surface area contributed by atoms with Crippen molar-refractivity contribution in [3.63, 3.8) is 0 Å². The van der Waals surface area contributed by atoms with Crippen LogP contribution in [0.15, 0.2) is 35.1 Å². The van der Waals surface area contributed by atoms with Crippen molar-refractivity contribution < 1.29 is 5.11 Å². The highest BCUT2D eigenvalue weighted by Crippen LogP contribution is 2.23. The number of aromatic nitrogens is 3. The quantitative estimate of drug-likeness (QED) is 0.933. The van der Waals surface area contributed by atoms with Crippen molar-refractivity contribution >= 4 is 15.9 Å². The fourth-order valence-corrected chi connectivity index (χ4v) is 2.00. The molecule has 0 unspecified atom stereocenters. The maximum absolute atomic E-state index is 10.0. The van der Waals surface area contributed by atoms with E-state index in [1.54, 1.807) is 0 Å². The molecule has 1 N–H and O–H groups in total. The molecule has 6 heteroatoms. The van der Waals surface area contributed by atoms with E-state index in [-0.39, 0.29) is 12.4 Å². The highest BCUT2D eigenvalue weighted by molar-refractivity contribution is 9.10. The largest absolute Gasteiger partial charge is 0.386 e. The van der Waals surface area contributed by atoms with Gasteiger partial charge in [0.15, 0.2) is 0 Å². The number of benzene rings is 1. The number of nitriles is 1. The second-order valence-electron chi connectivity index (χ2n) is 3.44. The highest BCUT2D eigenvalue weighted by Gasteiger charge is 2.12. The van der Waals surface area contributed by atoms with E-state index in [4.69, 9.17) is 5.26 Å². The lowest BCUT2D eigenvalue weighted by atomic mass is 10.1. The zero-order valence-corrected chi connectivity index (χ0v) is 10.4. The molecule has 17 heavy (non-hydrogen) atoms. The first-order valence-electron chi connectivity index (χ1n) is 4.92. The molecular formula is C11H9BrN4O. The molecule has 1 aromatic carbocycles. The van der Waals surface area contributed by atoms with E-state index in [0.29, 0.717) is 0 Å². The maximum atomic E-state index is 10.0. The number of nitrogens with zero attached hydrogens (tertiary/aromatic N) is 4. The summed E-state index contributed by atoms with van der Waals surface area (Å²) in [6, 6.07) is 9.26. The van der Waals surface area contributed by atoms with Crippen LogP contribution >= 0.6 is 15.9 Å². The fraction of sp³-hybridized carbons (Fsp3) is 0.182. The summed E-state index contributed by atoms with van der Waals surface area (Å²) in [5.41, 5.74) is 0.779. The van der Waals surface area contributed by atoms with E-state index in [1.165, 1.54) is 11.0 Å². The van der Waals surface area contributed by atoms with Crippen molar-refractivity contribution in [3.8, 4) is 6.07 Å². The Morgan fingerprint density at radius 3 is 2.88 bits per heavy atom. The second kappa shape index (κ2) is 5.08. The zero-order valence-electron chi connectivity index (χ0n) is 8.79. The van der Waals surface area contributed by atoms with Gasteiger partial charge in [-0.1, -0.05) is 34.1 Å². The molecule has 5 nitrogen and oxygen atoms in total. The molecule has 0 spiro atoms. The Hall–Kier alpha value is -1.71. The Morgan fingerprint density at radius 1 is 1.47 bits per heavy atom. The van der Waals surface area contributed by atoms with E-state index in [1.807, 2.05) is 30.3 Å². The smallest absolute Gasteiger partial charge is 0.252 e. The number of hydrogen-bond acceptors (Lipinski definition) is 4. The van der Waals surface area contributed by atoms with Gasteiger partial charge in [-0.2, -0.15) is 5.26 Å². The maximum Gasteiger partial charge on any atom is 0.252 e. The van der Waals surface area contributed by atoms with Gasteiger partial charge in [0.25, 0.3) is 5.82 Å². The van der Waals surface area contributed by atoms with Crippen molar-refractivity contribution in [3.05, 3.63) is 46.5 Å². The Balaban J connectivity index is 2.14. The van der Waals surface area contributed by atoms with Gasteiger partial charge in [0, 0.05) is 4.47 Å². The average Bonchev–Trinajstić information content (AvgIpc) is 2.77. The lowest BCUT2D eigenvalue weighted by molar-refractivity contribution is 0.150. The van der Waals surface area contributed by atoms with E-state index in [0.717, 1.165) is 10.0 Å². The van der Waals surface area contributed by atoms with Crippen LogP contribution in [0.1, 0.15) is 17.5 Å². The normalized spacial score (nSPS) is 12.1. The van der Waals surface area contributed by atoms with Crippen LogP contribution in [0.4, 0.5) is 0 Å². The lowest BCUT2D eigenvalue weighted by Crippen LogP contribution is -2.09. The molecule has 0 fully saturated rings. The van der Waals surface area contributed by atoms with Gasteiger partial charge in [0.05, 0.1) is 12.6 Å². The Kier molecular flexibility index (Phi) is 3.52. The Labute approximate surface area is 106 Å². The molecule has 2 aromatic rings. The average molecular weight is 293 g/mol.